The van der Waals surface area contributed by atoms with E-state index in [1.54, 1.807) is 0 Å². The number of carbonyl (C=O) groups excluding carboxylic acids is 1. The largest absolute Gasteiger partial charge is 0.343 e. The van der Waals surface area contributed by atoms with E-state index in [2.05, 4.69) is 47.8 Å². The van der Waals surface area contributed by atoms with Crippen molar-refractivity contribution in [1.29, 1.82) is 0 Å². The van der Waals surface area contributed by atoms with Gasteiger partial charge in [-0.05, 0) is 55.8 Å². The maximum atomic E-state index is 12.4. The molecule has 132 valence electrons. The topological polar surface area (TPSA) is 36.4 Å². The highest BCUT2D eigenvalue weighted by Gasteiger charge is 2.45. The minimum Gasteiger partial charge on any atom is -0.343 e. The van der Waals surface area contributed by atoms with Crippen molar-refractivity contribution in [3.63, 3.8) is 0 Å². The molecule has 0 aromatic carbocycles. The smallest absolute Gasteiger partial charge is 0.222 e. The predicted molar refractivity (Wildman–Crippen MR) is 96.8 cm³/mol. The SMILES string of the molecule is CC(C)CC(=O)N1CCC2(CCN(C)CC2c2cccnc2)CC1. The van der Waals surface area contributed by atoms with Crippen molar-refractivity contribution in [2.75, 3.05) is 33.2 Å². The highest BCUT2D eigenvalue weighted by Crippen LogP contribution is 2.49. The van der Waals surface area contributed by atoms with Crippen LogP contribution in [0.5, 0.6) is 0 Å². The number of pyridine rings is 1. The molecule has 2 saturated heterocycles. The number of nitrogens with zero attached hydrogens (tertiary/aromatic N) is 3. The molecular weight excluding hydrogens is 298 g/mol. The first-order valence-corrected chi connectivity index (χ1v) is 9.36. The molecule has 1 aromatic rings. The van der Waals surface area contributed by atoms with Gasteiger partial charge in [-0.25, -0.2) is 0 Å². The number of hydrogen-bond donors (Lipinski definition) is 0. The second-order valence-corrected chi connectivity index (χ2v) is 8.19. The molecule has 1 spiro atoms. The number of hydrogen-bond acceptors (Lipinski definition) is 3. The van der Waals surface area contributed by atoms with Crippen LogP contribution in [0.4, 0.5) is 0 Å². The van der Waals surface area contributed by atoms with E-state index in [1.807, 2.05) is 12.4 Å². The molecule has 3 rings (SSSR count). The average Bonchev–Trinajstić information content (AvgIpc) is 2.58. The molecular formula is C20H31N3O. The average molecular weight is 329 g/mol. The van der Waals surface area contributed by atoms with Crippen molar-refractivity contribution >= 4 is 5.91 Å². The summed E-state index contributed by atoms with van der Waals surface area (Å²) < 4.78 is 0. The Morgan fingerprint density at radius 1 is 1.29 bits per heavy atom. The molecule has 0 N–H and O–H groups in total. The van der Waals surface area contributed by atoms with Crippen LogP contribution in [0.3, 0.4) is 0 Å². The molecule has 0 aliphatic carbocycles. The van der Waals surface area contributed by atoms with Gasteiger partial charge in [0.25, 0.3) is 0 Å². The van der Waals surface area contributed by atoms with E-state index in [1.165, 1.54) is 12.0 Å². The van der Waals surface area contributed by atoms with Crippen molar-refractivity contribution in [3.05, 3.63) is 30.1 Å². The van der Waals surface area contributed by atoms with Gasteiger partial charge in [0.2, 0.25) is 5.91 Å². The maximum absolute atomic E-state index is 12.4. The third-order valence-corrected chi connectivity index (χ3v) is 6.01. The first kappa shape index (κ1) is 17.4. The molecule has 0 radical (unpaired) electrons. The highest BCUT2D eigenvalue weighted by molar-refractivity contribution is 5.76. The summed E-state index contributed by atoms with van der Waals surface area (Å²) in [6.07, 6.45) is 8.07. The molecule has 0 saturated carbocycles. The molecule has 2 fully saturated rings. The summed E-state index contributed by atoms with van der Waals surface area (Å²) in [5.41, 5.74) is 1.70. The van der Waals surface area contributed by atoms with Crippen LogP contribution in [0.25, 0.3) is 0 Å². The lowest BCUT2D eigenvalue weighted by Gasteiger charge is -2.51. The Morgan fingerprint density at radius 2 is 2.00 bits per heavy atom. The zero-order valence-electron chi connectivity index (χ0n) is 15.4. The van der Waals surface area contributed by atoms with Gasteiger partial charge in [0, 0.05) is 44.4 Å². The van der Waals surface area contributed by atoms with Crippen LogP contribution in [-0.2, 0) is 4.79 Å². The Kier molecular flexibility index (Phi) is 5.24. The molecule has 1 atom stereocenters. The molecule has 0 bridgehead atoms. The Morgan fingerprint density at radius 3 is 2.62 bits per heavy atom. The van der Waals surface area contributed by atoms with Gasteiger partial charge in [0.05, 0.1) is 0 Å². The van der Waals surface area contributed by atoms with E-state index < -0.39 is 0 Å². The number of aromatic nitrogens is 1. The van der Waals surface area contributed by atoms with E-state index in [0.717, 1.165) is 39.0 Å². The van der Waals surface area contributed by atoms with Crippen molar-refractivity contribution < 1.29 is 4.79 Å². The van der Waals surface area contributed by atoms with Crippen molar-refractivity contribution in [2.24, 2.45) is 11.3 Å². The first-order chi connectivity index (χ1) is 11.5. The van der Waals surface area contributed by atoms with E-state index in [0.29, 0.717) is 29.6 Å². The summed E-state index contributed by atoms with van der Waals surface area (Å²) in [5.74, 6) is 1.32. The van der Waals surface area contributed by atoms with Crippen LogP contribution >= 0.6 is 0 Å². The van der Waals surface area contributed by atoms with E-state index in [9.17, 15) is 4.79 Å². The van der Waals surface area contributed by atoms with Crippen LogP contribution < -0.4 is 0 Å². The molecule has 1 amide bonds. The standard InChI is InChI=1S/C20H31N3O/c1-16(2)13-19(24)23-11-7-20(8-12-23)6-10-22(3)15-18(20)17-5-4-9-21-14-17/h4-5,9,14,16,18H,6-8,10-13,15H2,1-3H3. The van der Waals surface area contributed by atoms with Gasteiger partial charge in [-0.3, -0.25) is 9.78 Å². The molecule has 3 heterocycles. The summed E-state index contributed by atoms with van der Waals surface area (Å²) in [6.45, 7) is 8.36. The normalized spacial score (nSPS) is 24.5. The number of likely N-dealkylation sites (N-methyl/N-ethyl adjacent to an activating group) is 1. The molecule has 1 aromatic heterocycles. The number of rotatable bonds is 3. The second kappa shape index (κ2) is 7.22. The Labute approximate surface area is 146 Å². The van der Waals surface area contributed by atoms with Crippen molar-refractivity contribution in [3.8, 4) is 0 Å². The fourth-order valence-electron chi connectivity index (χ4n) is 4.50. The van der Waals surface area contributed by atoms with Gasteiger partial charge in [-0.1, -0.05) is 19.9 Å². The van der Waals surface area contributed by atoms with Crippen LogP contribution in [0.1, 0.15) is 51.0 Å². The monoisotopic (exact) mass is 329 g/mol. The molecule has 4 heteroatoms. The van der Waals surface area contributed by atoms with Crippen molar-refractivity contribution in [1.82, 2.24) is 14.8 Å². The van der Waals surface area contributed by atoms with E-state index in [-0.39, 0.29) is 0 Å². The number of piperidine rings is 2. The third-order valence-electron chi connectivity index (χ3n) is 6.01. The lowest BCUT2D eigenvalue weighted by Crippen LogP contribution is -2.51. The van der Waals surface area contributed by atoms with Crippen LogP contribution in [0.15, 0.2) is 24.5 Å². The fourth-order valence-corrected chi connectivity index (χ4v) is 4.50. The number of likely N-dealkylation sites (tertiary alicyclic amines) is 2. The van der Waals surface area contributed by atoms with Gasteiger partial charge >= 0.3 is 0 Å². The van der Waals surface area contributed by atoms with Gasteiger partial charge in [0.15, 0.2) is 0 Å². The van der Waals surface area contributed by atoms with Crippen LogP contribution in [0, 0.1) is 11.3 Å². The Balaban J connectivity index is 1.73. The van der Waals surface area contributed by atoms with Crippen LogP contribution in [0.2, 0.25) is 0 Å². The number of amides is 1. The van der Waals surface area contributed by atoms with Gasteiger partial charge in [-0.2, -0.15) is 0 Å². The fraction of sp³-hybridized carbons (Fsp3) is 0.700. The zero-order valence-corrected chi connectivity index (χ0v) is 15.4. The van der Waals surface area contributed by atoms with Gasteiger partial charge < -0.3 is 9.80 Å². The summed E-state index contributed by atoms with van der Waals surface area (Å²) in [7, 11) is 2.22. The Hall–Kier alpha value is -1.42. The quantitative estimate of drug-likeness (QED) is 0.855. The molecule has 24 heavy (non-hydrogen) atoms. The summed E-state index contributed by atoms with van der Waals surface area (Å²) >= 11 is 0. The summed E-state index contributed by atoms with van der Waals surface area (Å²) in [6, 6.07) is 4.29. The predicted octanol–water partition coefficient (Wildman–Crippen LogP) is 3.16. The first-order valence-electron chi connectivity index (χ1n) is 9.36. The lowest BCUT2D eigenvalue weighted by molar-refractivity contribution is -0.135. The molecule has 4 nitrogen and oxygen atoms in total. The zero-order chi connectivity index (χ0) is 17.2. The van der Waals surface area contributed by atoms with Crippen LogP contribution in [-0.4, -0.2) is 53.9 Å². The molecule has 2 aliphatic rings. The third kappa shape index (κ3) is 3.64. The number of carbonyl (C=O) groups is 1. The molecule has 2 aliphatic heterocycles. The summed E-state index contributed by atoms with van der Waals surface area (Å²) in [4.78, 5) is 21.3. The maximum Gasteiger partial charge on any atom is 0.222 e. The molecule has 1 unspecified atom stereocenters. The second-order valence-electron chi connectivity index (χ2n) is 8.19. The van der Waals surface area contributed by atoms with E-state index >= 15 is 0 Å². The van der Waals surface area contributed by atoms with Gasteiger partial charge in [0.1, 0.15) is 0 Å². The lowest BCUT2D eigenvalue weighted by atomic mass is 9.62. The van der Waals surface area contributed by atoms with E-state index in [4.69, 9.17) is 0 Å². The minimum atomic E-state index is 0.337. The minimum absolute atomic E-state index is 0.337. The Bertz CT molecular complexity index is 549. The van der Waals surface area contributed by atoms with Gasteiger partial charge in [-0.15, -0.1) is 0 Å². The highest BCUT2D eigenvalue weighted by atomic mass is 16.2. The summed E-state index contributed by atoms with van der Waals surface area (Å²) in [5, 5.41) is 0. The van der Waals surface area contributed by atoms with Crippen molar-refractivity contribution in [2.45, 2.75) is 45.4 Å².